The lowest BCUT2D eigenvalue weighted by Crippen LogP contribution is -2.39. The maximum Gasteiger partial charge on any atom is 0.227 e. The van der Waals surface area contributed by atoms with Gasteiger partial charge in [-0.2, -0.15) is 0 Å². The summed E-state index contributed by atoms with van der Waals surface area (Å²) in [7, 11) is 3.31. The van der Waals surface area contributed by atoms with Gasteiger partial charge in [-0.25, -0.2) is 0 Å². The first-order chi connectivity index (χ1) is 9.48. The van der Waals surface area contributed by atoms with Gasteiger partial charge in [0.15, 0.2) is 0 Å². The molecule has 1 saturated heterocycles. The number of rotatable bonds is 4. The number of anilines is 1. The molecule has 1 aliphatic rings. The van der Waals surface area contributed by atoms with Gasteiger partial charge in [0.1, 0.15) is 5.75 Å². The number of amides is 1. The highest BCUT2D eigenvalue weighted by molar-refractivity contribution is 5.82. The Hall–Kier alpha value is -1.75. The number of carbonyl (C=O) groups is 1. The minimum atomic E-state index is -0.285. The Labute approximate surface area is 120 Å². The molecule has 0 radical (unpaired) electrons. The lowest BCUT2D eigenvalue weighted by Gasteiger charge is -2.23. The number of carbonyl (C=O) groups excluding carboxylic acids is 1. The van der Waals surface area contributed by atoms with Gasteiger partial charge in [0, 0.05) is 20.1 Å². The van der Waals surface area contributed by atoms with Crippen molar-refractivity contribution in [1.82, 2.24) is 10.2 Å². The summed E-state index contributed by atoms with van der Waals surface area (Å²) in [5, 5.41) is 2.75. The molecular weight excluding hydrogens is 254 g/mol. The lowest BCUT2D eigenvalue weighted by molar-refractivity contribution is -0.129. The summed E-state index contributed by atoms with van der Waals surface area (Å²) in [6, 6.07) is 5.85. The Kier molecular flexibility index (Phi) is 4.18. The van der Waals surface area contributed by atoms with E-state index in [1.54, 1.807) is 14.2 Å². The number of nitrogens with zero attached hydrogens (tertiary/aromatic N) is 1. The molecule has 110 valence electrons. The number of nitrogens with one attached hydrogen (secondary N) is 1. The highest BCUT2D eigenvalue weighted by Gasteiger charge is 2.39. The number of likely N-dealkylation sites (tertiary alicyclic amines) is 1. The molecule has 0 aliphatic carbocycles. The first-order valence-corrected chi connectivity index (χ1v) is 6.85. The molecular formula is C15H23N3O2. The molecule has 1 atom stereocenters. The summed E-state index contributed by atoms with van der Waals surface area (Å²) < 4.78 is 5.16. The maximum atomic E-state index is 11.9. The van der Waals surface area contributed by atoms with Crippen LogP contribution in [0.4, 0.5) is 5.69 Å². The topological polar surface area (TPSA) is 67.6 Å². The van der Waals surface area contributed by atoms with Gasteiger partial charge in [0.05, 0.1) is 18.2 Å². The second kappa shape index (κ2) is 5.71. The summed E-state index contributed by atoms with van der Waals surface area (Å²) >= 11 is 0. The quantitative estimate of drug-likeness (QED) is 0.812. The highest BCUT2D eigenvalue weighted by Crippen LogP contribution is 2.31. The van der Waals surface area contributed by atoms with Crippen LogP contribution in [0.25, 0.3) is 0 Å². The van der Waals surface area contributed by atoms with Crippen LogP contribution in [0.5, 0.6) is 5.75 Å². The molecule has 1 unspecified atom stereocenters. The van der Waals surface area contributed by atoms with Crippen molar-refractivity contribution in [1.29, 1.82) is 0 Å². The average Bonchev–Trinajstić information content (AvgIpc) is 2.81. The van der Waals surface area contributed by atoms with Crippen molar-refractivity contribution >= 4 is 11.6 Å². The summed E-state index contributed by atoms with van der Waals surface area (Å²) in [6.45, 7) is 4.53. The number of benzene rings is 1. The van der Waals surface area contributed by atoms with E-state index >= 15 is 0 Å². The van der Waals surface area contributed by atoms with E-state index in [4.69, 9.17) is 10.5 Å². The van der Waals surface area contributed by atoms with E-state index in [0.29, 0.717) is 11.4 Å². The van der Waals surface area contributed by atoms with Crippen LogP contribution in [-0.2, 0) is 11.3 Å². The van der Waals surface area contributed by atoms with Gasteiger partial charge in [-0.15, -0.1) is 0 Å². The Morgan fingerprint density at radius 3 is 2.90 bits per heavy atom. The van der Waals surface area contributed by atoms with Crippen molar-refractivity contribution in [2.75, 3.05) is 33.0 Å². The fourth-order valence-corrected chi connectivity index (χ4v) is 2.82. The van der Waals surface area contributed by atoms with Gasteiger partial charge >= 0.3 is 0 Å². The number of methoxy groups -OCH3 is 1. The zero-order chi connectivity index (χ0) is 14.8. The van der Waals surface area contributed by atoms with Crippen LogP contribution in [0, 0.1) is 5.41 Å². The molecule has 3 N–H and O–H groups in total. The largest absolute Gasteiger partial charge is 0.495 e. The average molecular weight is 277 g/mol. The number of nitrogens with two attached hydrogens (primary N) is 1. The van der Waals surface area contributed by atoms with E-state index in [0.717, 1.165) is 31.6 Å². The van der Waals surface area contributed by atoms with E-state index in [9.17, 15) is 4.79 Å². The molecule has 0 spiro atoms. The Morgan fingerprint density at radius 2 is 2.30 bits per heavy atom. The third-order valence-electron chi connectivity index (χ3n) is 4.03. The molecule has 0 bridgehead atoms. The zero-order valence-corrected chi connectivity index (χ0v) is 12.4. The number of hydrogen-bond acceptors (Lipinski definition) is 4. The Bertz CT molecular complexity index is 504. The summed E-state index contributed by atoms with van der Waals surface area (Å²) in [6.07, 6.45) is 0.887. The smallest absolute Gasteiger partial charge is 0.227 e. The van der Waals surface area contributed by atoms with Crippen molar-refractivity contribution in [3.63, 3.8) is 0 Å². The van der Waals surface area contributed by atoms with Crippen molar-refractivity contribution in [3.8, 4) is 5.75 Å². The molecule has 0 saturated carbocycles. The molecule has 1 aliphatic heterocycles. The molecule has 1 aromatic carbocycles. The predicted molar refractivity (Wildman–Crippen MR) is 79.5 cm³/mol. The van der Waals surface area contributed by atoms with Crippen molar-refractivity contribution in [2.24, 2.45) is 5.41 Å². The summed E-state index contributed by atoms with van der Waals surface area (Å²) in [5.41, 5.74) is 7.43. The lowest BCUT2D eigenvalue weighted by atomic mass is 9.89. The first-order valence-electron chi connectivity index (χ1n) is 6.85. The monoisotopic (exact) mass is 277 g/mol. The molecule has 2 rings (SSSR count). The van der Waals surface area contributed by atoms with Gasteiger partial charge in [-0.1, -0.05) is 6.07 Å². The fraction of sp³-hybridized carbons (Fsp3) is 0.533. The SMILES string of the molecule is CNC(=O)C1(C)CCN(Cc2ccc(OC)c(N)c2)C1. The van der Waals surface area contributed by atoms with Gasteiger partial charge in [0.25, 0.3) is 0 Å². The van der Waals surface area contributed by atoms with E-state index < -0.39 is 0 Å². The van der Waals surface area contributed by atoms with Crippen LogP contribution < -0.4 is 15.8 Å². The molecule has 5 heteroatoms. The summed E-state index contributed by atoms with van der Waals surface area (Å²) in [5.74, 6) is 0.819. The summed E-state index contributed by atoms with van der Waals surface area (Å²) in [4.78, 5) is 14.2. The number of nitrogen functional groups attached to an aromatic ring is 1. The van der Waals surface area contributed by atoms with Crippen molar-refractivity contribution < 1.29 is 9.53 Å². The van der Waals surface area contributed by atoms with E-state index in [2.05, 4.69) is 10.2 Å². The van der Waals surface area contributed by atoms with E-state index in [1.807, 2.05) is 25.1 Å². The number of hydrogen-bond donors (Lipinski definition) is 2. The molecule has 1 amide bonds. The molecule has 1 fully saturated rings. The van der Waals surface area contributed by atoms with Gasteiger partial charge < -0.3 is 15.8 Å². The van der Waals surface area contributed by atoms with Crippen LogP contribution in [0.2, 0.25) is 0 Å². The maximum absolute atomic E-state index is 11.9. The molecule has 20 heavy (non-hydrogen) atoms. The van der Waals surface area contributed by atoms with Crippen LogP contribution in [0.3, 0.4) is 0 Å². The minimum absolute atomic E-state index is 0.120. The van der Waals surface area contributed by atoms with Crippen molar-refractivity contribution in [2.45, 2.75) is 19.9 Å². The van der Waals surface area contributed by atoms with E-state index in [1.165, 1.54) is 0 Å². The first kappa shape index (κ1) is 14.7. The highest BCUT2D eigenvalue weighted by atomic mass is 16.5. The van der Waals surface area contributed by atoms with Crippen molar-refractivity contribution in [3.05, 3.63) is 23.8 Å². The fourth-order valence-electron chi connectivity index (χ4n) is 2.82. The van der Waals surface area contributed by atoms with Gasteiger partial charge in [-0.3, -0.25) is 9.69 Å². The molecule has 5 nitrogen and oxygen atoms in total. The third-order valence-corrected chi connectivity index (χ3v) is 4.03. The Morgan fingerprint density at radius 1 is 1.55 bits per heavy atom. The Balaban J connectivity index is 2.02. The predicted octanol–water partition coefficient (Wildman–Crippen LogP) is 1.24. The standard InChI is InChI=1S/C15H23N3O2/c1-15(14(19)17-2)6-7-18(10-15)9-11-4-5-13(20-3)12(16)8-11/h4-5,8H,6-7,9-10,16H2,1-3H3,(H,17,19). The minimum Gasteiger partial charge on any atom is -0.495 e. The zero-order valence-electron chi connectivity index (χ0n) is 12.4. The normalized spacial score (nSPS) is 22.8. The van der Waals surface area contributed by atoms with Gasteiger partial charge in [-0.05, 0) is 37.6 Å². The van der Waals surface area contributed by atoms with Crippen LogP contribution in [-0.4, -0.2) is 38.1 Å². The molecule has 1 heterocycles. The molecule has 0 aromatic heterocycles. The van der Waals surface area contributed by atoms with Gasteiger partial charge in [0.2, 0.25) is 5.91 Å². The second-order valence-electron chi connectivity index (χ2n) is 5.68. The van der Waals surface area contributed by atoms with E-state index in [-0.39, 0.29) is 11.3 Å². The number of ether oxygens (including phenoxy) is 1. The van der Waals surface area contributed by atoms with Crippen LogP contribution in [0.15, 0.2) is 18.2 Å². The van der Waals surface area contributed by atoms with Crippen LogP contribution in [0.1, 0.15) is 18.9 Å². The molecule has 1 aromatic rings. The van der Waals surface area contributed by atoms with Crippen LogP contribution >= 0.6 is 0 Å². The second-order valence-corrected chi connectivity index (χ2v) is 5.68. The third kappa shape index (κ3) is 2.88.